The van der Waals surface area contributed by atoms with Gasteiger partial charge >= 0.3 is 0 Å². The maximum Gasteiger partial charge on any atom is 0.121 e. The number of rotatable bonds is 7. The van der Waals surface area contributed by atoms with Gasteiger partial charge in [0.05, 0.1) is 19.2 Å². The van der Waals surface area contributed by atoms with E-state index in [1.807, 2.05) is 30.5 Å². The molecule has 1 unspecified atom stereocenters. The molecule has 4 nitrogen and oxygen atoms in total. The van der Waals surface area contributed by atoms with Gasteiger partial charge in [-0.15, -0.1) is 35.9 Å². The quantitative estimate of drug-likeness (QED) is 0.118. The molecule has 3 aliphatic carbocycles. The molecule has 0 amide bonds. The van der Waals surface area contributed by atoms with Crippen molar-refractivity contribution in [2.75, 3.05) is 0 Å². The molecule has 0 saturated heterocycles. The predicted molar refractivity (Wildman–Crippen MR) is 256 cm³/mol. The van der Waals surface area contributed by atoms with Gasteiger partial charge in [-0.1, -0.05) is 153 Å². The maximum absolute atomic E-state index is 6.47. The van der Waals surface area contributed by atoms with E-state index in [1.54, 1.807) is 0 Å². The van der Waals surface area contributed by atoms with E-state index in [0.29, 0.717) is 5.92 Å². The Hall–Kier alpha value is -5.13. The Balaban J connectivity index is 0.000000163. The van der Waals surface area contributed by atoms with Gasteiger partial charge in [0, 0.05) is 43.3 Å². The number of para-hydroxylation sites is 1. The van der Waals surface area contributed by atoms with Crippen molar-refractivity contribution in [2.24, 2.45) is 17.8 Å². The van der Waals surface area contributed by atoms with E-state index in [-0.39, 0.29) is 20.1 Å². The van der Waals surface area contributed by atoms with Gasteiger partial charge in [-0.3, -0.25) is 0 Å². The standard InChI is InChI=1S/C33H30NO.C23H24NOSi.Ir/c1-21-7-13-28(30-19-23(15-16-34-30)18-27-17-22-8-10-25(27)11-9-22)33-32(21)29-20-26(12-14-31(29)35-33)24-5-3-2-4-6-24;1-15(2)19-13-20(24-14-22(19)26(3,4)5)18-11-8-10-17-16-9-6-7-12-21(16)25-23(17)18;/h2-7,12,14-16,19-20,22,25,27H,8-11,17-18H2,1H3;6-10,12-15H,1-5H3;/q2*-1;. The molecule has 4 heterocycles. The monoisotopic (exact) mass is 1010 g/mol. The molecule has 1 radical (unpaired) electrons. The van der Waals surface area contributed by atoms with Gasteiger partial charge in [-0.25, -0.2) is 0 Å². The maximum atomic E-state index is 6.47. The van der Waals surface area contributed by atoms with Gasteiger partial charge in [-0.2, -0.15) is 0 Å². The molecule has 6 heteroatoms. The van der Waals surface area contributed by atoms with Crippen molar-refractivity contribution in [2.45, 2.75) is 84.9 Å². The summed E-state index contributed by atoms with van der Waals surface area (Å²) in [5, 5.41) is 6.02. The summed E-state index contributed by atoms with van der Waals surface area (Å²) in [6, 6.07) is 45.0. The summed E-state index contributed by atoms with van der Waals surface area (Å²) < 4.78 is 12.6. The fourth-order valence-electron chi connectivity index (χ4n) is 10.4. The van der Waals surface area contributed by atoms with E-state index in [1.165, 1.54) is 76.9 Å². The Labute approximate surface area is 380 Å². The van der Waals surface area contributed by atoms with E-state index < -0.39 is 8.07 Å². The molecule has 315 valence electrons. The Morgan fingerprint density at radius 2 is 1.44 bits per heavy atom. The molecule has 3 fully saturated rings. The average Bonchev–Trinajstić information content (AvgIpc) is 3.86. The molecule has 3 aliphatic rings. The first-order valence-electron chi connectivity index (χ1n) is 22.3. The second kappa shape index (κ2) is 17.2. The minimum absolute atomic E-state index is 0. The number of aryl methyl sites for hydroxylation is 1. The summed E-state index contributed by atoms with van der Waals surface area (Å²) >= 11 is 0. The number of hydrogen-bond acceptors (Lipinski definition) is 4. The van der Waals surface area contributed by atoms with Crippen LogP contribution in [0.5, 0.6) is 0 Å². The van der Waals surface area contributed by atoms with Crippen LogP contribution in [0, 0.1) is 36.8 Å². The Morgan fingerprint density at radius 1 is 0.710 bits per heavy atom. The number of pyridine rings is 2. The zero-order valence-corrected chi connectivity index (χ0v) is 40.0. The molecule has 2 bridgehead atoms. The van der Waals surface area contributed by atoms with Gasteiger partial charge in [-0.05, 0) is 101 Å². The van der Waals surface area contributed by atoms with Gasteiger partial charge in [0.2, 0.25) is 0 Å². The van der Waals surface area contributed by atoms with Crippen molar-refractivity contribution in [1.29, 1.82) is 0 Å². The van der Waals surface area contributed by atoms with Crippen LogP contribution in [0.25, 0.3) is 77.5 Å². The zero-order valence-electron chi connectivity index (χ0n) is 36.6. The molecule has 9 aromatic rings. The SMILES string of the molecule is CC(C)c1cc(-c2[c-]ccc3c2oc2ccccc23)ncc1[Si](C)(C)C.Cc1c[c-]c(-c2cc(CC3CC4CCC3CC4)ccn2)c2oc3ccc(-c4ccccc4)cc3c12.[Ir]. The van der Waals surface area contributed by atoms with Gasteiger partial charge in [0.15, 0.2) is 0 Å². The minimum atomic E-state index is -1.44. The van der Waals surface area contributed by atoms with E-state index in [4.69, 9.17) is 18.8 Å². The van der Waals surface area contributed by atoms with Crippen LogP contribution in [0.2, 0.25) is 19.6 Å². The van der Waals surface area contributed by atoms with E-state index in [0.717, 1.165) is 78.8 Å². The van der Waals surface area contributed by atoms with E-state index in [9.17, 15) is 0 Å². The number of fused-ring (bicyclic) bond motifs is 9. The number of furan rings is 2. The van der Waals surface area contributed by atoms with Crippen LogP contribution in [0.3, 0.4) is 0 Å². The first-order valence-corrected chi connectivity index (χ1v) is 25.8. The molecule has 3 saturated carbocycles. The van der Waals surface area contributed by atoms with E-state index >= 15 is 0 Å². The van der Waals surface area contributed by atoms with Crippen molar-refractivity contribution < 1.29 is 28.9 Å². The fourth-order valence-corrected chi connectivity index (χ4v) is 12.1. The van der Waals surface area contributed by atoms with Crippen LogP contribution in [0.15, 0.2) is 130 Å². The molecule has 0 N–H and O–H groups in total. The number of benzene rings is 5. The van der Waals surface area contributed by atoms with Crippen LogP contribution in [-0.4, -0.2) is 18.0 Å². The van der Waals surface area contributed by atoms with Gasteiger partial charge in [0.1, 0.15) is 11.2 Å². The average molecular weight is 1010 g/mol. The topological polar surface area (TPSA) is 52.1 Å². The normalized spacial score (nSPS) is 17.4. The molecule has 12 rings (SSSR count). The van der Waals surface area contributed by atoms with Gasteiger partial charge in [0.25, 0.3) is 0 Å². The van der Waals surface area contributed by atoms with Crippen LogP contribution < -0.4 is 5.19 Å². The summed E-state index contributed by atoms with van der Waals surface area (Å²) in [4.78, 5) is 9.60. The van der Waals surface area contributed by atoms with Crippen molar-refractivity contribution in [3.05, 3.63) is 150 Å². The van der Waals surface area contributed by atoms with Crippen LogP contribution >= 0.6 is 0 Å². The molecule has 0 aliphatic heterocycles. The van der Waals surface area contributed by atoms with Crippen LogP contribution in [0.4, 0.5) is 0 Å². The smallest absolute Gasteiger partial charge is 0.121 e. The van der Waals surface area contributed by atoms with Gasteiger partial charge < -0.3 is 18.8 Å². The number of nitrogens with zero attached hydrogens (tertiary/aromatic N) is 2. The summed E-state index contributed by atoms with van der Waals surface area (Å²) in [7, 11) is -1.44. The zero-order chi connectivity index (χ0) is 41.8. The second-order valence-corrected chi connectivity index (χ2v) is 24.1. The fraction of sp³-hybridized carbons (Fsp3) is 0.286. The van der Waals surface area contributed by atoms with Crippen molar-refractivity contribution in [1.82, 2.24) is 9.97 Å². The summed E-state index contributed by atoms with van der Waals surface area (Å²) in [6.07, 6.45) is 12.4. The molecule has 62 heavy (non-hydrogen) atoms. The third-order valence-corrected chi connectivity index (χ3v) is 15.6. The third-order valence-electron chi connectivity index (χ3n) is 13.6. The summed E-state index contributed by atoms with van der Waals surface area (Å²) in [6.45, 7) is 13.8. The number of hydrogen-bond donors (Lipinski definition) is 0. The molecule has 0 spiro atoms. The number of aromatic nitrogens is 2. The molecule has 5 aromatic carbocycles. The first kappa shape index (κ1) is 42.2. The molecular weight excluding hydrogens is 953 g/mol. The Morgan fingerprint density at radius 3 is 2.19 bits per heavy atom. The van der Waals surface area contributed by atoms with Crippen molar-refractivity contribution >= 4 is 57.1 Å². The third kappa shape index (κ3) is 8.02. The summed E-state index contributed by atoms with van der Waals surface area (Å²) in [5.41, 5.74) is 13.8. The van der Waals surface area contributed by atoms with Crippen LogP contribution in [0.1, 0.15) is 68.6 Å². The summed E-state index contributed by atoms with van der Waals surface area (Å²) in [5.74, 6) is 3.19. The first-order chi connectivity index (χ1) is 29.6. The minimum Gasteiger partial charge on any atom is -0.501 e. The predicted octanol–water partition coefficient (Wildman–Crippen LogP) is 14.9. The molecule has 4 aromatic heterocycles. The molecular formula is C56H54IrN2O2Si-2. The van der Waals surface area contributed by atoms with Crippen molar-refractivity contribution in [3.63, 3.8) is 0 Å². The Bertz CT molecular complexity index is 3040. The van der Waals surface area contributed by atoms with E-state index in [2.05, 4.69) is 144 Å². The second-order valence-electron chi connectivity index (χ2n) is 19.0. The Kier molecular flexibility index (Phi) is 11.7. The largest absolute Gasteiger partial charge is 0.501 e. The van der Waals surface area contributed by atoms with Crippen molar-refractivity contribution in [3.8, 4) is 33.6 Å². The molecule has 1 atom stereocenters. The van der Waals surface area contributed by atoms with Crippen LogP contribution in [-0.2, 0) is 26.5 Å².